The Kier molecular flexibility index (Phi) is 2.08. The monoisotopic (exact) mass is 187 g/mol. The van der Waals surface area contributed by atoms with E-state index in [1.165, 1.54) is 0 Å². The van der Waals surface area contributed by atoms with Crippen molar-refractivity contribution in [3.05, 3.63) is 10.8 Å². The fraction of sp³-hybridized carbons (Fsp3) is 0.625. The highest BCUT2D eigenvalue weighted by Crippen LogP contribution is 2.29. The summed E-state index contributed by atoms with van der Waals surface area (Å²) in [5, 5.41) is 0.625. The third-order valence-corrected chi connectivity index (χ3v) is 2.20. The number of hydrogen-bond donors (Lipinski definition) is 1. The van der Waals surface area contributed by atoms with Crippen LogP contribution in [0.4, 0.5) is 5.95 Å². The molecule has 0 amide bonds. The lowest BCUT2D eigenvalue weighted by atomic mass is 9.93. The van der Waals surface area contributed by atoms with Crippen molar-refractivity contribution in [1.82, 2.24) is 9.55 Å². The van der Waals surface area contributed by atoms with Gasteiger partial charge in [0.15, 0.2) is 0 Å². The van der Waals surface area contributed by atoms with Gasteiger partial charge in [0.05, 0.1) is 5.69 Å². The molecule has 3 nitrogen and oxygen atoms in total. The molecule has 0 aliphatic carbocycles. The molecule has 0 fully saturated rings. The summed E-state index contributed by atoms with van der Waals surface area (Å²) in [6.07, 6.45) is 0. The number of nitrogens with zero attached hydrogens (tertiary/aromatic N) is 2. The molecular formula is C8H14ClN3. The topological polar surface area (TPSA) is 43.8 Å². The van der Waals surface area contributed by atoms with Crippen LogP contribution in [0.2, 0.25) is 5.15 Å². The minimum Gasteiger partial charge on any atom is -0.369 e. The molecule has 0 aliphatic heterocycles. The van der Waals surface area contributed by atoms with Crippen molar-refractivity contribution in [1.29, 1.82) is 0 Å². The smallest absolute Gasteiger partial charge is 0.201 e. The van der Waals surface area contributed by atoms with Crippen LogP contribution in [0.3, 0.4) is 0 Å². The standard InChI is InChI=1S/C8H14ClN3/c1-8(2,3)5-6(9)12(4)7(10)11-5/h1-4H3,(H2,10,11). The molecule has 4 heteroatoms. The van der Waals surface area contributed by atoms with E-state index in [9.17, 15) is 0 Å². The molecule has 0 atom stereocenters. The average Bonchev–Trinajstić information content (AvgIpc) is 2.15. The first-order valence-corrected chi connectivity index (χ1v) is 4.20. The largest absolute Gasteiger partial charge is 0.369 e. The van der Waals surface area contributed by atoms with E-state index in [2.05, 4.69) is 25.8 Å². The summed E-state index contributed by atoms with van der Waals surface area (Å²) in [5.74, 6) is 0.463. The van der Waals surface area contributed by atoms with Gasteiger partial charge in [-0.25, -0.2) is 4.98 Å². The minimum atomic E-state index is -0.0491. The van der Waals surface area contributed by atoms with Crippen molar-refractivity contribution in [2.45, 2.75) is 26.2 Å². The van der Waals surface area contributed by atoms with Gasteiger partial charge in [-0.2, -0.15) is 0 Å². The maximum absolute atomic E-state index is 6.02. The molecule has 12 heavy (non-hydrogen) atoms. The molecule has 1 rings (SSSR count). The first-order chi connectivity index (χ1) is 5.34. The van der Waals surface area contributed by atoms with Gasteiger partial charge in [-0.1, -0.05) is 32.4 Å². The summed E-state index contributed by atoms with van der Waals surface area (Å²) in [5.41, 5.74) is 6.41. The van der Waals surface area contributed by atoms with Crippen LogP contribution >= 0.6 is 11.6 Å². The van der Waals surface area contributed by atoms with Gasteiger partial charge in [0.2, 0.25) is 5.95 Å². The molecule has 0 bridgehead atoms. The van der Waals surface area contributed by atoms with Gasteiger partial charge >= 0.3 is 0 Å². The average molecular weight is 188 g/mol. The summed E-state index contributed by atoms with van der Waals surface area (Å²) >= 11 is 6.02. The lowest BCUT2D eigenvalue weighted by Crippen LogP contribution is -2.12. The van der Waals surface area contributed by atoms with Crippen molar-refractivity contribution >= 4 is 17.5 Å². The summed E-state index contributed by atoms with van der Waals surface area (Å²) in [6.45, 7) is 6.17. The number of aromatic nitrogens is 2. The van der Waals surface area contributed by atoms with Crippen LogP contribution in [-0.4, -0.2) is 9.55 Å². The Hall–Kier alpha value is -0.700. The number of nitrogen functional groups attached to an aromatic ring is 1. The summed E-state index contributed by atoms with van der Waals surface area (Å²) in [4.78, 5) is 4.19. The van der Waals surface area contributed by atoms with E-state index in [1.807, 2.05) is 0 Å². The fourth-order valence-electron chi connectivity index (χ4n) is 0.972. The SMILES string of the molecule is Cn1c(N)nc(C(C)(C)C)c1Cl. The molecule has 0 spiro atoms. The van der Waals surface area contributed by atoms with Crippen molar-refractivity contribution in [3.63, 3.8) is 0 Å². The molecule has 0 saturated carbocycles. The maximum atomic E-state index is 6.02. The van der Waals surface area contributed by atoms with Crippen LogP contribution in [-0.2, 0) is 12.5 Å². The molecule has 0 unspecified atom stereocenters. The molecule has 2 N–H and O–H groups in total. The second kappa shape index (κ2) is 2.66. The zero-order valence-corrected chi connectivity index (χ0v) is 8.61. The van der Waals surface area contributed by atoms with Gasteiger partial charge in [0, 0.05) is 12.5 Å². The van der Waals surface area contributed by atoms with E-state index < -0.39 is 0 Å². The van der Waals surface area contributed by atoms with Gasteiger partial charge in [-0.15, -0.1) is 0 Å². The van der Waals surface area contributed by atoms with Crippen molar-refractivity contribution < 1.29 is 0 Å². The number of halogens is 1. The number of anilines is 1. The Labute approximate surface area is 77.5 Å². The van der Waals surface area contributed by atoms with Crippen LogP contribution in [0.25, 0.3) is 0 Å². The first kappa shape index (κ1) is 9.39. The number of rotatable bonds is 0. The van der Waals surface area contributed by atoms with Crippen LogP contribution < -0.4 is 5.73 Å². The molecule has 0 aromatic carbocycles. The van der Waals surface area contributed by atoms with Crippen LogP contribution in [0.5, 0.6) is 0 Å². The lowest BCUT2D eigenvalue weighted by Gasteiger charge is -2.15. The van der Waals surface area contributed by atoms with Crippen LogP contribution in [0, 0.1) is 0 Å². The highest BCUT2D eigenvalue weighted by Gasteiger charge is 2.22. The van der Waals surface area contributed by atoms with E-state index in [0.717, 1.165) is 5.69 Å². The molecule has 1 heterocycles. The Morgan fingerprint density at radius 1 is 1.42 bits per heavy atom. The van der Waals surface area contributed by atoms with Gasteiger partial charge < -0.3 is 10.3 Å². The molecule has 0 saturated heterocycles. The first-order valence-electron chi connectivity index (χ1n) is 3.82. The molecule has 0 radical (unpaired) electrons. The Morgan fingerprint density at radius 2 is 1.92 bits per heavy atom. The van der Waals surface area contributed by atoms with Crippen molar-refractivity contribution in [3.8, 4) is 0 Å². The van der Waals surface area contributed by atoms with Gasteiger partial charge in [-0.3, -0.25) is 0 Å². The van der Waals surface area contributed by atoms with E-state index in [-0.39, 0.29) is 5.41 Å². The highest BCUT2D eigenvalue weighted by molar-refractivity contribution is 6.30. The molecular weight excluding hydrogens is 174 g/mol. The predicted molar refractivity (Wildman–Crippen MR) is 51.3 cm³/mol. The third kappa shape index (κ3) is 1.41. The summed E-state index contributed by atoms with van der Waals surface area (Å²) in [6, 6.07) is 0. The number of nitrogens with two attached hydrogens (primary N) is 1. The van der Waals surface area contributed by atoms with Crippen molar-refractivity contribution in [2.24, 2.45) is 7.05 Å². The van der Waals surface area contributed by atoms with Crippen LogP contribution in [0.15, 0.2) is 0 Å². The second-order valence-corrected chi connectivity index (χ2v) is 4.28. The Balaban J connectivity index is 3.28. The quantitative estimate of drug-likeness (QED) is 0.675. The normalized spacial score (nSPS) is 12.1. The number of imidazole rings is 1. The third-order valence-electron chi connectivity index (χ3n) is 1.77. The zero-order chi connectivity index (χ0) is 9.52. The zero-order valence-electron chi connectivity index (χ0n) is 7.85. The Morgan fingerprint density at radius 3 is 2.08 bits per heavy atom. The van der Waals surface area contributed by atoms with Gasteiger partial charge in [0.1, 0.15) is 5.15 Å². The lowest BCUT2D eigenvalue weighted by molar-refractivity contribution is 0.572. The van der Waals surface area contributed by atoms with Crippen LogP contribution in [0.1, 0.15) is 26.5 Å². The summed E-state index contributed by atoms with van der Waals surface area (Å²) < 4.78 is 1.68. The van der Waals surface area contributed by atoms with Gasteiger partial charge in [-0.05, 0) is 0 Å². The predicted octanol–water partition coefficient (Wildman–Crippen LogP) is 1.95. The minimum absolute atomic E-state index is 0.0491. The van der Waals surface area contributed by atoms with Crippen molar-refractivity contribution in [2.75, 3.05) is 5.73 Å². The fourth-order valence-corrected chi connectivity index (χ4v) is 1.38. The highest BCUT2D eigenvalue weighted by atomic mass is 35.5. The molecule has 0 aliphatic rings. The Bertz CT molecular complexity index is 296. The maximum Gasteiger partial charge on any atom is 0.201 e. The van der Waals surface area contributed by atoms with E-state index in [4.69, 9.17) is 17.3 Å². The molecule has 68 valence electrons. The van der Waals surface area contributed by atoms with Gasteiger partial charge in [0.25, 0.3) is 0 Å². The summed E-state index contributed by atoms with van der Waals surface area (Å²) in [7, 11) is 1.81. The second-order valence-electron chi connectivity index (χ2n) is 3.92. The molecule has 1 aromatic heterocycles. The van der Waals surface area contributed by atoms with E-state index in [1.54, 1.807) is 11.6 Å². The van der Waals surface area contributed by atoms with E-state index in [0.29, 0.717) is 11.1 Å². The number of hydrogen-bond acceptors (Lipinski definition) is 2. The van der Waals surface area contributed by atoms with E-state index >= 15 is 0 Å². The molecule has 1 aromatic rings.